The van der Waals surface area contributed by atoms with E-state index >= 15 is 0 Å². The van der Waals surface area contributed by atoms with Crippen molar-refractivity contribution in [3.63, 3.8) is 0 Å². The highest BCUT2D eigenvalue weighted by molar-refractivity contribution is 6.07. The molecule has 0 radical (unpaired) electrons. The molecule has 0 bridgehead atoms. The number of likely N-dealkylation sites (N-methyl/N-ethyl adjacent to an activating group) is 1. The molecule has 0 unspecified atom stereocenters. The normalized spacial score (nSPS) is 15.6. The first-order chi connectivity index (χ1) is 18.4. The molecule has 2 amide bonds. The van der Waals surface area contributed by atoms with Crippen molar-refractivity contribution in [1.29, 1.82) is 0 Å². The van der Waals surface area contributed by atoms with Gasteiger partial charge in [0, 0.05) is 42.1 Å². The van der Waals surface area contributed by atoms with Crippen LogP contribution in [-0.4, -0.2) is 39.3 Å². The van der Waals surface area contributed by atoms with Crippen molar-refractivity contribution in [3.8, 4) is 11.3 Å². The molecule has 4 aromatic rings. The lowest BCUT2D eigenvalue weighted by Gasteiger charge is -2.51. The number of benzene rings is 2. The van der Waals surface area contributed by atoms with Crippen molar-refractivity contribution < 1.29 is 14.0 Å². The van der Waals surface area contributed by atoms with Crippen LogP contribution in [0.1, 0.15) is 40.9 Å². The Morgan fingerprint density at radius 2 is 1.87 bits per heavy atom. The number of para-hydroxylation sites is 1. The number of pyridine rings is 1. The van der Waals surface area contributed by atoms with Crippen LogP contribution in [0.4, 0.5) is 21.6 Å². The van der Waals surface area contributed by atoms with E-state index in [0.29, 0.717) is 22.6 Å². The van der Waals surface area contributed by atoms with Gasteiger partial charge in [0.15, 0.2) is 0 Å². The van der Waals surface area contributed by atoms with Gasteiger partial charge in [0.25, 0.3) is 5.91 Å². The molecule has 3 heterocycles. The number of rotatable bonds is 6. The first-order valence-corrected chi connectivity index (χ1v) is 12.8. The number of nitrogens with one attached hydrogen (secondary N) is 3. The predicted octanol–water partition coefficient (Wildman–Crippen LogP) is 5.69. The maximum atomic E-state index is 13.7. The Kier molecular flexibility index (Phi) is 5.94. The molecular formula is C30H28FN5O2. The Balaban J connectivity index is 1.34. The average Bonchev–Trinajstić information content (AvgIpc) is 3.25. The third kappa shape index (κ3) is 4.32. The topological polar surface area (TPSA) is 90.1 Å². The highest BCUT2D eigenvalue weighted by Crippen LogP contribution is 2.47. The van der Waals surface area contributed by atoms with E-state index in [4.69, 9.17) is 0 Å². The van der Waals surface area contributed by atoms with Gasteiger partial charge >= 0.3 is 0 Å². The van der Waals surface area contributed by atoms with Gasteiger partial charge in [0.1, 0.15) is 11.6 Å². The Morgan fingerprint density at radius 1 is 1.11 bits per heavy atom. The number of aromatic nitrogens is 2. The van der Waals surface area contributed by atoms with Gasteiger partial charge in [0.05, 0.1) is 23.4 Å². The third-order valence-electron chi connectivity index (χ3n) is 7.73. The van der Waals surface area contributed by atoms with Gasteiger partial charge in [-0.3, -0.25) is 9.59 Å². The smallest absolute Gasteiger partial charge is 0.258 e. The summed E-state index contributed by atoms with van der Waals surface area (Å²) < 4.78 is 13.2. The third-order valence-corrected chi connectivity index (χ3v) is 7.73. The minimum absolute atomic E-state index is 0.00811. The number of anilines is 3. The van der Waals surface area contributed by atoms with Crippen LogP contribution in [0.25, 0.3) is 11.3 Å². The lowest BCUT2D eigenvalue weighted by atomic mass is 9.70. The summed E-state index contributed by atoms with van der Waals surface area (Å²) in [5.41, 5.74) is 5.33. The molecule has 6 rings (SSSR count). The Bertz CT molecular complexity index is 1510. The number of aromatic amines is 1. The van der Waals surface area contributed by atoms with Crippen LogP contribution >= 0.6 is 0 Å². The summed E-state index contributed by atoms with van der Waals surface area (Å²) in [6.45, 7) is 0. The molecule has 8 heteroatoms. The molecule has 1 spiro atoms. The van der Waals surface area contributed by atoms with Gasteiger partial charge in [-0.25, -0.2) is 9.37 Å². The lowest BCUT2D eigenvalue weighted by molar-refractivity contribution is -0.115. The number of hydrogen-bond donors (Lipinski definition) is 3. The summed E-state index contributed by atoms with van der Waals surface area (Å²) in [7, 11) is 1.91. The summed E-state index contributed by atoms with van der Waals surface area (Å²) in [6, 6.07) is 19.3. The minimum Gasteiger partial charge on any atom is -0.356 e. The standard InChI is InChI=1S/C30H28FN5O2/c1-36-29(38)26-23(18-30(36)13-5-14-30)34-27(28(26)33-22-6-3-2-4-7-22)20-12-15-32-24(17-20)35-25(37)16-19-8-10-21(31)11-9-19/h2-4,6-12,15,17,33-34H,5,13-14,16,18H2,1H3,(H,32,35,37). The fraction of sp³-hybridized carbons (Fsp3) is 0.233. The second-order valence-corrected chi connectivity index (χ2v) is 10.1. The van der Waals surface area contributed by atoms with Crippen molar-refractivity contribution in [3.05, 3.63) is 95.6 Å². The summed E-state index contributed by atoms with van der Waals surface area (Å²) >= 11 is 0. The van der Waals surface area contributed by atoms with Crippen molar-refractivity contribution in [2.45, 2.75) is 37.6 Å². The van der Waals surface area contributed by atoms with E-state index in [-0.39, 0.29) is 29.6 Å². The lowest BCUT2D eigenvalue weighted by Crippen LogP contribution is -2.58. The Labute approximate surface area is 220 Å². The quantitative estimate of drug-likeness (QED) is 0.311. The molecule has 1 saturated carbocycles. The molecule has 192 valence electrons. The number of hydrogen-bond acceptors (Lipinski definition) is 4. The number of carbonyl (C=O) groups is 2. The molecule has 2 aliphatic rings. The zero-order valence-electron chi connectivity index (χ0n) is 21.1. The van der Waals surface area contributed by atoms with Crippen LogP contribution < -0.4 is 10.6 Å². The number of nitrogens with zero attached hydrogens (tertiary/aromatic N) is 2. The molecule has 3 N–H and O–H groups in total. The molecule has 1 aliphatic carbocycles. The number of amides is 2. The van der Waals surface area contributed by atoms with Crippen molar-refractivity contribution in [1.82, 2.24) is 14.9 Å². The molecule has 2 aromatic carbocycles. The number of carbonyl (C=O) groups excluding carboxylic acids is 2. The van der Waals surface area contributed by atoms with Crippen molar-refractivity contribution in [2.75, 3.05) is 17.7 Å². The van der Waals surface area contributed by atoms with E-state index in [1.165, 1.54) is 12.1 Å². The molecule has 1 aliphatic heterocycles. The second-order valence-electron chi connectivity index (χ2n) is 10.1. The Morgan fingerprint density at radius 3 is 2.58 bits per heavy atom. The first kappa shape index (κ1) is 23.9. The molecule has 38 heavy (non-hydrogen) atoms. The van der Waals surface area contributed by atoms with Gasteiger partial charge in [-0.05, 0) is 61.2 Å². The van der Waals surface area contributed by atoms with Gasteiger partial charge < -0.3 is 20.5 Å². The first-order valence-electron chi connectivity index (χ1n) is 12.8. The predicted molar refractivity (Wildman–Crippen MR) is 145 cm³/mol. The highest BCUT2D eigenvalue weighted by atomic mass is 19.1. The SMILES string of the molecule is CN1C(=O)c2c([nH]c(-c3ccnc(NC(=O)Cc4ccc(F)cc4)c3)c2Nc2ccccc2)CC12CCC2. The summed E-state index contributed by atoms with van der Waals surface area (Å²) in [6.07, 6.45) is 5.65. The van der Waals surface area contributed by atoms with Gasteiger partial charge in [0.2, 0.25) is 5.91 Å². The summed E-state index contributed by atoms with van der Waals surface area (Å²) in [4.78, 5) is 36.1. The minimum atomic E-state index is -0.343. The fourth-order valence-corrected chi connectivity index (χ4v) is 5.48. The van der Waals surface area contributed by atoms with Crippen molar-refractivity contribution >= 4 is 29.0 Å². The van der Waals surface area contributed by atoms with Crippen LogP contribution in [0.5, 0.6) is 0 Å². The van der Waals surface area contributed by atoms with E-state index in [1.54, 1.807) is 24.4 Å². The number of H-pyrrole nitrogens is 1. The van der Waals surface area contributed by atoms with Crippen LogP contribution in [0.2, 0.25) is 0 Å². The van der Waals surface area contributed by atoms with Gasteiger partial charge in [-0.15, -0.1) is 0 Å². The Hall–Kier alpha value is -4.46. The van der Waals surface area contributed by atoms with E-state index < -0.39 is 0 Å². The van der Waals surface area contributed by atoms with E-state index in [1.807, 2.05) is 48.3 Å². The van der Waals surface area contributed by atoms with Crippen LogP contribution in [0, 0.1) is 5.82 Å². The van der Waals surface area contributed by atoms with E-state index in [2.05, 4.69) is 20.6 Å². The maximum absolute atomic E-state index is 13.7. The van der Waals surface area contributed by atoms with Gasteiger partial charge in [-0.1, -0.05) is 30.3 Å². The number of fused-ring (bicyclic) bond motifs is 1. The van der Waals surface area contributed by atoms with Crippen LogP contribution in [0.15, 0.2) is 72.9 Å². The molecule has 0 atom stereocenters. The molecule has 2 aromatic heterocycles. The zero-order chi connectivity index (χ0) is 26.3. The largest absolute Gasteiger partial charge is 0.356 e. The van der Waals surface area contributed by atoms with E-state index in [0.717, 1.165) is 48.3 Å². The van der Waals surface area contributed by atoms with Gasteiger partial charge in [-0.2, -0.15) is 0 Å². The maximum Gasteiger partial charge on any atom is 0.258 e. The molecule has 7 nitrogen and oxygen atoms in total. The highest BCUT2D eigenvalue weighted by Gasteiger charge is 2.49. The zero-order valence-corrected chi connectivity index (χ0v) is 21.1. The monoisotopic (exact) mass is 509 g/mol. The summed E-state index contributed by atoms with van der Waals surface area (Å²) in [5.74, 6) is -0.191. The second kappa shape index (κ2) is 9.45. The molecular weight excluding hydrogens is 481 g/mol. The van der Waals surface area contributed by atoms with E-state index in [9.17, 15) is 14.0 Å². The van der Waals surface area contributed by atoms with Crippen LogP contribution in [0.3, 0.4) is 0 Å². The molecule has 0 saturated heterocycles. The number of halogens is 1. The summed E-state index contributed by atoms with van der Waals surface area (Å²) in [5, 5.41) is 6.31. The van der Waals surface area contributed by atoms with Crippen molar-refractivity contribution in [2.24, 2.45) is 0 Å². The molecule has 1 fully saturated rings. The fourth-order valence-electron chi connectivity index (χ4n) is 5.48. The average molecular weight is 510 g/mol. The van der Waals surface area contributed by atoms with Crippen LogP contribution in [-0.2, 0) is 17.6 Å².